The number of carbonyl (C=O) groups excluding carboxylic acids is 1. The van der Waals surface area contributed by atoms with Crippen LogP contribution in [0.25, 0.3) is 22.8 Å². The lowest BCUT2D eigenvalue weighted by Crippen LogP contribution is -2.42. The number of morpholine rings is 1. The van der Waals surface area contributed by atoms with Gasteiger partial charge in [0, 0.05) is 24.2 Å². The van der Waals surface area contributed by atoms with Gasteiger partial charge in [-0.25, -0.2) is 0 Å². The Hall–Kier alpha value is -3.19. The summed E-state index contributed by atoms with van der Waals surface area (Å²) in [7, 11) is 0. The minimum absolute atomic E-state index is 0.00976. The SMILES string of the molecule is Cc1ccccc1-c1nc(-c2cccc(OCC(=O)N3CCOCC3)c2)no1. The van der Waals surface area contributed by atoms with E-state index in [-0.39, 0.29) is 12.5 Å². The number of aryl methyl sites for hydroxylation is 1. The molecule has 7 nitrogen and oxygen atoms in total. The Labute approximate surface area is 162 Å². The predicted octanol–water partition coefficient (Wildman–Crippen LogP) is 2.95. The van der Waals surface area contributed by atoms with E-state index in [0.29, 0.717) is 43.8 Å². The number of amides is 1. The van der Waals surface area contributed by atoms with Crippen molar-refractivity contribution in [2.45, 2.75) is 6.92 Å². The van der Waals surface area contributed by atoms with E-state index < -0.39 is 0 Å². The Kier molecular flexibility index (Phi) is 5.34. The first kappa shape index (κ1) is 18.2. The van der Waals surface area contributed by atoms with Crippen LogP contribution in [0.2, 0.25) is 0 Å². The minimum atomic E-state index is -0.0462. The monoisotopic (exact) mass is 379 g/mol. The molecule has 1 amide bonds. The van der Waals surface area contributed by atoms with Crippen LogP contribution in [0.5, 0.6) is 5.75 Å². The number of rotatable bonds is 5. The zero-order valence-corrected chi connectivity index (χ0v) is 15.6. The highest BCUT2D eigenvalue weighted by molar-refractivity contribution is 5.78. The van der Waals surface area contributed by atoms with Crippen molar-refractivity contribution in [3.8, 4) is 28.6 Å². The average molecular weight is 379 g/mol. The van der Waals surface area contributed by atoms with Crippen LogP contribution in [0.4, 0.5) is 0 Å². The molecule has 144 valence electrons. The van der Waals surface area contributed by atoms with E-state index in [0.717, 1.165) is 16.7 Å². The molecule has 0 radical (unpaired) electrons. The number of hydrogen-bond donors (Lipinski definition) is 0. The molecule has 7 heteroatoms. The molecule has 0 aliphatic carbocycles. The third-order valence-electron chi connectivity index (χ3n) is 4.62. The predicted molar refractivity (Wildman–Crippen MR) is 103 cm³/mol. The lowest BCUT2D eigenvalue weighted by atomic mass is 10.1. The molecular formula is C21H21N3O4. The van der Waals surface area contributed by atoms with Crippen LogP contribution in [0.3, 0.4) is 0 Å². The third-order valence-corrected chi connectivity index (χ3v) is 4.62. The summed E-state index contributed by atoms with van der Waals surface area (Å²) in [5, 5.41) is 4.08. The minimum Gasteiger partial charge on any atom is -0.484 e. The molecule has 4 rings (SSSR count). The largest absolute Gasteiger partial charge is 0.484 e. The highest BCUT2D eigenvalue weighted by Gasteiger charge is 2.17. The van der Waals surface area contributed by atoms with E-state index in [1.807, 2.05) is 43.3 Å². The van der Waals surface area contributed by atoms with Crippen LogP contribution in [-0.2, 0) is 9.53 Å². The van der Waals surface area contributed by atoms with Crippen LogP contribution >= 0.6 is 0 Å². The van der Waals surface area contributed by atoms with Crippen molar-refractivity contribution in [1.82, 2.24) is 15.0 Å². The molecule has 0 atom stereocenters. The van der Waals surface area contributed by atoms with Crippen LogP contribution in [0.1, 0.15) is 5.56 Å². The Balaban J connectivity index is 1.45. The van der Waals surface area contributed by atoms with Crippen molar-refractivity contribution >= 4 is 5.91 Å². The van der Waals surface area contributed by atoms with Gasteiger partial charge in [-0.2, -0.15) is 4.98 Å². The molecule has 1 aliphatic heterocycles. The Morgan fingerprint density at radius 1 is 1.14 bits per heavy atom. The fourth-order valence-corrected chi connectivity index (χ4v) is 3.04. The fraction of sp³-hybridized carbons (Fsp3) is 0.286. The van der Waals surface area contributed by atoms with Crippen molar-refractivity contribution < 1.29 is 18.8 Å². The normalized spacial score (nSPS) is 14.1. The number of nitrogens with zero attached hydrogens (tertiary/aromatic N) is 3. The van der Waals surface area contributed by atoms with Gasteiger partial charge in [0.25, 0.3) is 11.8 Å². The molecule has 0 N–H and O–H groups in total. The molecule has 1 aromatic heterocycles. The van der Waals surface area contributed by atoms with Crippen molar-refractivity contribution in [3.05, 3.63) is 54.1 Å². The van der Waals surface area contributed by atoms with E-state index in [1.54, 1.807) is 17.0 Å². The molecule has 0 saturated carbocycles. The van der Waals surface area contributed by atoms with Crippen LogP contribution in [-0.4, -0.2) is 53.9 Å². The van der Waals surface area contributed by atoms with E-state index in [2.05, 4.69) is 10.1 Å². The molecule has 0 unspecified atom stereocenters. The zero-order chi connectivity index (χ0) is 19.3. The summed E-state index contributed by atoms with van der Waals surface area (Å²) in [4.78, 5) is 18.5. The van der Waals surface area contributed by atoms with Gasteiger partial charge in [-0.05, 0) is 30.7 Å². The van der Waals surface area contributed by atoms with Crippen LogP contribution in [0.15, 0.2) is 53.1 Å². The molecule has 1 aliphatic rings. The van der Waals surface area contributed by atoms with Gasteiger partial charge >= 0.3 is 0 Å². The number of carbonyl (C=O) groups is 1. The molecule has 28 heavy (non-hydrogen) atoms. The number of benzene rings is 2. The maximum absolute atomic E-state index is 12.2. The van der Waals surface area contributed by atoms with Gasteiger partial charge in [-0.1, -0.05) is 35.5 Å². The average Bonchev–Trinajstić information content (AvgIpc) is 3.23. The zero-order valence-electron chi connectivity index (χ0n) is 15.6. The smallest absolute Gasteiger partial charge is 0.260 e. The van der Waals surface area contributed by atoms with Gasteiger partial charge in [-0.15, -0.1) is 0 Å². The molecule has 2 aromatic carbocycles. The molecule has 1 fully saturated rings. The molecule has 2 heterocycles. The lowest BCUT2D eigenvalue weighted by Gasteiger charge is -2.26. The fourth-order valence-electron chi connectivity index (χ4n) is 3.04. The molecule has 3 aromatic rings. The second-order valence-corrected chi connectivity index (χ2v) is 6.55. The van der Waals surface area contributed by atoms with E-state index in [1.165, 1.54) is 0 Å². The molecule has 0 bridgehead atoms. The van der Waals surface area contributed by atoms with Gasteiger partial charge in [0.2, 0.25) is 5.82 Å². The number of aromatic nitrogens is 2. The second-order valence-electron chi connectivity index (χ2n) is 6.55. The van der Waals surface area contributed by atoms with Gasteiger partial charge in [0.05, 0.1) is 13.2 Å². The second kappa shape index (κ2) is 8.22. The standard InChI is InChI=1S/C21H21N3O4/c1-15-5-2-3-8-18(15)21-22-20(23-28-21)16-6-4-7-17(13-16)27-14-19(25)24-9-11-26-12-10-24/h2-8,13H,9-12,14H2,1H3. The number of hydrogen-bond acceptors (Lipinski definition) is 6. The Morgan fingerprint density at radius 2 is 1.96 bits per heavy atom. The summed E-state index contributed by atoms with van der Waals surface area (Å²) in [6.07, 6.45) is 0. The van der Waals surface area contributed by atoms with Crippen molar-refractivity contribution in [2.75, 3.05) is 32.9 Å². The van der Waals surface area contributed by atoms with Gasteiger partial charge in [0.15, 0.2) is 6.61 Å². The first-order chi connectivity index (χ1) is 13.7. The Morgan fingerprint density at radius 3 is 2.79 bits per heavy atom. The Bertz CT molecular complexity index is 964. The summed E-state index contributed by atoms with van der Waals surface area (Å²) in [5.41, 5.74) is 2.74. The van der Waals surface area contributed by atoms with E-state index >= 15 is 0 Å². The first-order valence-corrected chi connectivity index (χ1v) is 9.19. The maximum atomic E-state index is 12.2. The molecule has 0 spiro atoms. The summed E-state index contributed by atoms with van der Waals surface area (Å²) in [5.74, 6) is 1.49. The van der Waals surface area contributed by atoms with Crippen LogP contribution in [0, 0.1) is 6.92 Å². The van der Waals surface area contributed by atoms with E-state index in [4.69, 9.17) is 14.0 Å². The van der Waals surface area contributed by atoms with Crippen molar-refractivity contribution in [2.24, 2.45) is 0 Å². The summed E-state index contributed by atoms with van der Waals surface area (Å²) in [6.45, 7) is 4.34. The van der Waals surface area contributed by atoms with Crippen molar-refractivity contribution in [3.63, 3.8) is 0 Å². The highest BCUT2D eigenvalue weighted by Crippen LogP contribution is 2.26. The quantitative estimate of drug-likeness (QED) is 0.678. The highest BCUT2D eigenvalue weighted by atomic mass is 16.5. The third kappa shape index (κ3) is 4.04. The number of ether oxygens (including phenoxy) is 2. The van der Waals surface area contributed by atoms with E-state index in [9.17, 15) is 4.79 Å². The van der Waals surface area contributed by atoms with Gasteiger partial charge < -0.3 is 18.9 Å². The van der Waals surface area contributed by atoms with Gasteiger partial charge in [-0.3, -0.25) is 4.79 Å². The topological polar surface area (TPSA) is 77.7 Å². The molecular weight excluding hydrogens is 358 g/mol. The summed E-state index contributed by atoms with van der Waals surface area (Å²) >= 11 is 0. The lowest BCUT2D eigenvalue weighted by molar-refractivity contribution is -0.137. The summed E-state index contributed by atoms with van der Waals surface area (Å²) < 4.78 is 16.4. The summed E-state index contributed by atoms with van der Waals surface area (Å²) in [6, 6.07) is 15.2. The van der Waals surface area contributed by atoms with Gasteiger partial charge in [0.1, 0.15) is 5.75 Å². The maximum Gasteiger partial charge on any atom is 0.260 e. The van der Waals surface area contributed by atoms with Crippen molar-refractivity contribution in [1.29, 1.82) is 0 Å². The van der Waals surface area contributed by atoms with Crippen LogP contribution < -0.4 is 4.74 Å². The first-order valence-electron chi connectivity index (χ1n) is 9.19. The molecule has 1 saturated heterocycles.